The molecule has 0 amide bonds. The summed E-state index contributed by atoms with van der Waals surface area (Å²) < 4.78 is 7.81. The largest absolute Gasteiger partial charge is 0.494 e. The Balaban J connectivity index is 1.42. The monoisotopic (exact) mass is 550 g/mol. The van der Waals surface area contributed by atoms with Crippen LogP contribution in [0.15, 0.2) is 76.9 Å². The molecule has 1 aliphatic rings. The minimum Gasteiger partial charge on any atom is -0.494 e. The van der Waals surface area contributed by atoms with Crippen LogP contribution in [0.2, 0.25) is 0 Å². The number of aromatic nitrogens is 2. The fraction of sp³-hybridized carbons (Fsp3) is 0.290. The summed E-state index contributed by atoms with van der Waals surface area (Å²) in [5, 5.41) is 10.3. The third kappa shape index (κ3) is 6.40. The van der Waals surface area contributed by atoms with Crippen LogP contribution in [0.4, 0.5) is 0 Å². The summed E-state index contributed by atoms with van der Waals surface area (Å²) in [7, 11) is 0. The Morgan fingerprint density at radius 1 is 1.13 bits per heavy atom. The van der Waals surface area contributed by atoms with E-state index in [1.165, 1.54) is 0 Å². The van der Waals surface area contributed by atoms with Crippen LogP contribution in [0.1, 0.15) is 50.7 Å². The average Bonchev–Trinajstić information content (AvgIpc) is 3.34. The number of hydrogen-bond acceptors (Lipinski definition) is 3. The van der Waals surface area contributed by atoms with Gasteiger partial charge < -0.3 is 14.4 Å². The molecule has 2 atom stereocenters. The minimum atomic E-state index is -0.804. The molecule has 1 aliphatic carbocycles. The Morgan fingerprint density at radius 2 is 1.79 bits per heavy atom. The molecule has 0 spiro atoms. The number of aliphatic carboxylic acids is 1. The molecule has 2 aromatic carbocycles. The first-order chi connectivity index (χ1) is 18.2. The predicted octanol–water partition coefficient (Wildman–Crippen LogP) is 8.14. The molecule has 1 heterocycles. The molecule has 0 radical (unpaired) electrons. The first-order valence-corrected chi connectivity index (χ1v) is 13.5. The highest BCUT2D eigenvalue weighted by molar-refractivity contribution is 6.35. The van der Waals surface area contributed by atoms with Gasteiger partial charge in [-0.15, -0.1) is 0 Å². The number of carboxylic acids is 1. The van der Waals surface area contributed by atoms with E-state index in [0.29, 0.717) is 29.5 Å². The van der Waals surface area contributed by atoms with Gasteiger partial charge in [-0.25, -0.2) is 4.98 Å². The van der Waals surface area contributed by atoms with Gasteiger partial charge in [-0.3, -0.25) is 4.79 Å². The third-order valence-electron chi connectivity index (χ3n) is 6.97. The smallest absolute Gasteiger partial charge is 0.306 e. The van der Waals surface area contributed by atoms with Gasteiger partial charge in [0, 0.05) is 22.8 Å². The second-order valence-electron chi connectivity index (χ2n) is 9.74. The standard InChI is InChI=1S/C31H32Cl2N2O3/c1-4-35-20-28(31(3)17-15-25(32)19-27(31)33)34-29(35)14-7-22-5-8-23(9-6-22)24-10-12-26(13-11-24)38-18-16-21(2)30(36)37/h5-15,19-21H,4,16-18H2,1-3H3,(H,36,37)/b14-7+. The second kappa shape index (κ2) is 12.1. The summed E-state index contributed by atoms with van der Waals surface area (Å²) in [6, 6.07) is 16.2. The number of halogens is 2. The van der Waals surface area contributed by atoms with Gasteiger partial charge in [-0.1, -0.05) is 78.7 Å². The van der Waals surface area contributed by atoms with Crippen molar-refractivity contribution >= 4 is 41.3 Å². The minimum absolute atomic E-state index is 0.375. The SMILES string of the molecule is CCn1cc(C2(C)CC=C(Cl)C=C2Cl)nc1/C=C/c1ccc(-c2ccc(OCCC(C)C(=O)O)cc2)cc1. The molecule has 38 heavy (non-hydrogen) atoms. The molecule has 7 heteroatoms. The summed E-state index contributed by atoms with van der Waals surface area (Å²) in [6.45, 7) is 7.06. The number of hydrogen-bond donors (Lipinski definition) is 1. The summed E-state index contributed by atoms with van der Waals surface area (Å²) >= 11 is 12.7. The van der Waals surface area contributed by atoms with Crippen molar-refractivity contribution in [1.29, 1.82) is 0 Å². The zero-order valence-electron chi connectivity index (χ0n) is 21.8. The maximum atomic E-state index is 10.9. The Bertz CT molecular complexity index is 1370. The maximum Gasteiger partial charge on any atom is 0.306 e. The van der Waals surface area contributed by atoms with E-state index in [0.717, 1.165) is 40.5 Å². The van der Waals surface area contributed by atoms with E-state index in [2.05, 4.69) is 55.0 Å². The normalized spacial score (nSPS) is 18.2. The lowest BCUT2D eigenvalue weighted by molar-refractivity contribution is -0.141. The molecular formula is C31H32Cl2N2O3. The molecule has 0 saturated carbocycles. The van der Waals surface area contributed by atoms with E-state index in [1.54, 1.807) is 13.0 Å². The highest BCUT2D eigenvalue weighted by Gasteiger charge is 2.34. The fourth-order valence-electron chi connectivity index (χ4n) is 4.23. The summed E-state index contributed by atoms with van der Waals surface area (Å²) in [6.07, 6.45) is 11.1. The van der Waals surface area contributed by atoms with E-state index in [9.17, 15) is 4.79 Å². The molecule has 0 saturated heterocycles. The second-order valence-corrected chi connectivity index (χ2v) is 10.6. The van der Waals surface area contributed by atoms with E-state index in [4.69, 9.17) is 38.0 Å². The number of imidazole rings is 1. The molecular weight excluding hydrogens is 519 g/mol. The summed E-state index contributed by atoms with van der Waals surface area (Å²) in [4.78, 5) is 15.8. The van der Waals surface area contributed by atoms with Gasteiger partial charge in [0.05, 0.1) is 23.6 Å². The molecule has 0 aliphatic heterocycles. The third-order valence-corrected chi connectivity index (χ3v) is 7.76. The number of nitrogens with zero attached hydrogens (tertiary/aromatic N) is 2. The average molecular weight is 552 g/mol. The Hall–Kier alpha value is -3.28. The van der Waals surface area contributed by atoms with Crippen LogP contribution in [-0.4, -0.2) is 27.2 Å². The first-order valence-electron chi connectivity index (χ1n) is 12.7. The molecule has 1 N–H and O–H groups in total. The van der Waals surface area contributed by atoms with Crippen LogP contribution in [0.25, 0.3) is 23.3 Å². The lowest BCUT2D eigenvalue weighted by Gasteiger charge is -2.28. The van der Waals surface area contributed by atoms with Gasteiger partial charge in [0.1, 0.15) is 11.6 Å². The van der Waals surface area contributed by atoms with Crippen LogP contribution >= 0.6 is 23.2 Å². The number of carbonyl (C=O) groups is 1. The predicted molar refractivity (Wildman–Crippen MR) is 155 cm³/mol. The summed E-state index contributed by atoms with van der Waals surface area (Å²) in [5.74, 6) is 0.391. The van der Waals surface area contributed by atoms with Crippen LogP contribution in [0.5, 0.6) is 5.75 Å². The zero-order chi connectivity index (χ0) is 27.3. The number of benzene rings is 2. The number of carboxylic acid groups (broad SMARTS) is 1. The number of rotatable bonds is 10. The highest BCUT2D eigenvalue weighted by Crippen LogP contribution is 2.42. The zero-order valence-corrected chi connectivity index (χ0v) is 23.3. The highest BCUT2D eigenvalue weighted by atomic mass is 35.5. The lowest BCUT2D eigenvalue weighted by Crippen LogP contribution is -2.24. The quantitative estimate of drug-likeness (QED) is 0.276. The van der Waals surface area contributed by atoms with E-state index in [1.807, 2.05) is 36.4 Å². The summed E-state index contributed by atoms with van der Waals surface area (Å²) in [5.41, 5.74) is 3.80. The molecule has 1 aromatic heterocycles. The Morgan fingerprint density at radius 3 is 2.39 bits per heavy atom. The van der Waals surface area contributed by atoms with Crippen LogP contribution in [-0.2, 0) is 16.8 Å². The van der Waals surface area contributed by atoms with Gasteiger partial charge in [0.25, 0.3) is 0 Å². The number of ether oxygens (including phenoxy) is 1. The molecule has 198 valence electrons. The number of aryl methyl sites for hydroxylation is 1. The van der Waals surface area contributed by atoms with E-state index < -0.39 is 11.9 Å². The first kappa shape index (κ1) is 27.7. The van der Waals surface area contributed by atoms with Crippen LogP contribution in [0, 0.1) is 5.92 Å². The van der Waals surface area contributed by atoms with Crippen molar-refractivity contribution in [1.82, 2.24) is 9.55 Å². The molecule has 0 fully saturated rings. The van der Waals surface area contributed by atoms with Gasteiger partial charge in [0.2, 0.25) is 0 Å². The Labute approximate surface area is 234 Å². The Kier molecular flexibility index (Phi) is 8.80. The maximum absolute atomic E-state index is 10.9. The van der Waals surface area contributed by atoms with Crippen molar-refractivity contribution < 1.29 is 14.6 Å². The van der Waals surface area contributed by atoms with Crippen molar-refractivity contribution in [2.24, 2.45) is 5.92 Å². The van der Waals surface area contributed by atoms with Crippen molar-refractivity contribution in [2.75, 3.05) is 6.61 Å². The van der Waals surface area contributed by atoms with Gasteiger partial charge in [0.15, 0.2) is 0 Å². The number of allylic oxidation sites excluding steroid dienone is 4. The van der Waals surface area contributed by atoms with Crippen molar-refractivity contribution in [3.05, 3.63) is 94.0 Å². The fourth-order valence-corrected chi connectivity index (χ4v) is 4.76. The van der Waals surface area contributed by atoms with Gasteiger partial charge in [-0.2, -0.15) is 0 Å². The molecule has 0 bridgehead atoms. The van der Waals surface area contributed by atoms with E-state index >= 15 is 0 Å². The van der Waals surface area contributed by atoms with Crippen LogP contribution in [0.3, 0.4) is 0 Å². The van der Waals surface area contributed by atoms with Gasteiger partial charge in [-0.05, 0) is 67.7 Å². The lowest BCUT2D eigenvalue weighted by atomic mass is 9.80. The topological polar surface area (TPSA) is 64.4 Å². The van der Waals surface area contributed by atoms with Crippen molar-refractivity contribution in [2.45, 2.75) is 45.6 Å². The molecule has 4 rings (SSSR count). The van der Waals surface area contributed by atoms with Crippen molar-refractivity contribution in [3.8, 4) is 16.9 Å². The molecule has 5 nitrogen and oxygen atoms in total. The van der Waals surface area contributed by atoms with Gasteiger partial charge >= 0.3 is 5.97 Å². The van der Waals surface area contributed by atoms with Crippen molar-refractivity contribution in [3.63, 3.8) is 0 Å². The van der Waals surface area contributed by atoms with E-state index in [-0.39, 0.29) is 5.41 Å². The van der Waals surface area contributed by atoms with Crippen LogP contribution < -0.4 is 4.74 Å². The molecule has 3 aromatic rings. The molecule has 2 unspecified atom stereocenters.